The molecule has 22 heavy (non-hydrogen) atoms. The van der Waals surface area contributed by atoms with Gasteiger partial charge in [0.25, 0.3) is 5.56 Å². The molecule has 0 atom stereocenters. The maximum absolute atomic E-state index is 12.1. The van der Waals surface area contributed by atoms with Crippen LogP contribution in [0.3, 0.4) is 0 Å². The lowest BCUT2D eigenvalue weighted by molar-refractivity contribution is 0.688. The van der Waals surface area contributed by atoms with Crippen molar-refractivity contribution in [3.63, 3.8) is 0 Å². The summed E-state index contributed by atoms with van der Waals surface area (Å²) in [4.78, 5) is 15.0. The Labute approximate surface area is 133 Å². The zero-order valence-corrected chi connectivity index (χ0v) is 13.1. The predicted molar refractivity (Wildman–Crippen MR) is 91.3 cm³/mol. The molecule has 0 aliphatic rings. The van der Waals surface area contributed by atoms with Crippen molar-refractivity contribution in [2.24, 2.45) is 0 Å². The third-order valence-electron chi connectivity index (χ3n) is 3.63. The third kappa shape index (κ3) is 3.38. The van der Waals surface area contributed by atoms with Crippen LogP contribution >= 0.6 is 11.6 Å². The summed E-state index contributed by atoms with van der Waals surface area (Å²) in [6.07, 6.45) is 0. The Morgan fingerprint density at radius 2 is 1.82 bits per heavy atom. The van der Waals surface area contributed by atoms with Crippen molar-refractivity contribution in [2.75, 3.05) is 0 Å². The number of aromatic nitrogens is 1. The lowest BCUT2D eigenvalue weighted by Gasteiger charge is -2.07. The van der Waals surface area contributed by atoms with E-state index in [9.17, 15) is 4.79 Å². The highest BCUT2D eigenvalue weighted by Gasteiger charge is 2.03. The van der Waals surface area contributed by atoms with Gasteiger partial charge in [0.2, 0.25) is 0 Å². The Morgan fingerprint density at radius 1 is 1.05 bits per heavy atom. The van der Waals surface area contributed by atoms with Crippen LogP contribution in [0.5, 0.6) is 0 Å². The molecule has 3 nitrogen and oxygen atoms in total. The predicted octanol–water partition coefficient (Wildman–Crippen LogP) is 3.78. The Morgan fingerprint density at radius 3 is 2.59 bits per heavy atom. The summed E-state index contributed by atoms with van der Waals surface area (Å²) in [6.45, 7) is 3.27. The van der Waals surface area contributed by atoms with E-state index in [1.807, 2.05) is 49.4 Å². The highest BCUT2D eigenvalue weighted by Crippen LogP contribution is 2.13. The number of fused-ring (bicyclic) bond motifs is 1. The average molecular weight is 313 g/mol. The second-order valence-electron chi connectivity index (χ2n) is 5.44. The summed E-state index contributed by atoms with van der Waals surface area (Å²) in [6, 6.07) is 15.7. The molecule has 0 spiro atoms. The van der Waals surface area contributed by atoms with Crippen molar-refractivity contribution in [1.82, 2.24) is 10.3 Å². The standard InChI is InChI=1S/C18H17ClN2O/c1-12-2-7-17-14(8-12)9-15(18(22)21-17)11-20-10-13-3-5-16(19)6-4-13/h2-9,20H,10-11H2,1H3,(H,21,22). The van der Waals surface area contributed by atoms with Gasteiger partial charge in [0.15, 0.2) is 0 Å². The fourth-order valence-corrected chi connectivity index (χ4v) is 2.57. The largest absolute Gasteiger partial charge is 0.322 e. The van der Waals surface area contributed by atoms with E-state index in [1.54, 1.807) is 0 Å². The van der Waals surface area contributed by atoms with Crippen LogP contribution in [-0.4, -0.2) is 4.98 Å². The molecule has 3 aromatic rings. The topological polar surface area (TPSA) is 44.9 Å². The summed E-state index contributed by atoms with van der Waals surface area (Å²) < 4.78 is 0. The van der Waals surface area contributed by atoms with Gasteiger partial charge in [-0.2, -0.15) is 0 Å². The molecule has 0 radical (unpaired) electrons. The fraction of sp³-hybridized carbons (Fsp3) is 0.167. The molecule has 3 rings (SSSR count). The van der Waals surface area contributed by atoms with E-state index in [4.69, 9.17) is 11.6 Å². The van der Waals surface area contributed by atoms with Crippen molar-refractivity contribution in [3.05, 3.63) is 80.6 Å². The summed E-state index contributed by atoms with van der Waals surface area (Å²) in [5, 5.41) is 5.08. The Bertz CT molecular complexity index is 853. The monoisotopic (exact) mass is 312 g/mol. The lowest BCUT2D eigenvalue weighted by atomic mass is 10.1. The van der Waals surface area contributed by atoms with Gasteiger partial charge >= 0.3 is 0 Å². The van der Waals surface area contributed by atoms with Crippen LogP contribution < -0.4 is 10.9 Å². The molecule has 0 fully saturated rings. The first-order valence-electron chi connectivity index (χ1n) is 7.19. The van der Waals surface area contributed by atoms with Crippen molar-refractivity contribution in [3.8, 4) is 0 Å². The van der Waals surface area contributed by atoms with E-state index < -0.39 is 0 Å². The molecular weight excluding hydrogens is 296 g/mol. The SMILES string of the molecule is Cc1ccc2[nH]c(=O)c(CNCc3ccc(Cl)cc3)cc2c1. The van der Waals surface area contributed by atoms with Crippen molar-refractivity contribution < 1.29 is 0 Å². The summed E-state index contributed by atoms with van der Waals surface area (Å²) in [7, 11) is 0. The van der Waals surface area contributed by atoms with E-state index in [2.05, 4.69) is 16.4 Å². The van der Waals surface area contributed by atoms with E-state index in [0.717, 1.165) is 27.1 Å². The van der Waals surface area contributed by atoms with Crippen molar-refractivity contribution in [2.45, 2.75) is 20.0 Å². The molecule has 0 saturated carbocycles. The number of hydrogen-bond acceptors (Lipinski definition) is 2. The van der Waals surface area contributed by atoms with Gasteiger partial charge in [-0.05, 0) is 48.2 Å². The molecule has 2 N–H and O–H groups in total. The number of pyridine rings is 1. The van der Waals surface area contributed by atoms with Gasteiger partial charge in [-0.1, -0.05) is 35.4 Å². The van der Waals surface area contributed by atoms with Gasteiger partial charge in [-0.15, -0.1) is 0 Å². The number of aromatic amines is 1. The highest BCUT2D eigenvalue weighted by molar-refractivity contribution is 6.30. The summed E-state index contributed by atoms with van der Waals surface area (Å²) in [5.41, 5.74) is 3.89. The van der Waals surface area contributed by atoms with Crippen molar-refractivity contribution >= 4 is 22.5 Å². The Balaban J connectivity index is 1.74. The van der Waals surface area contributed by atoms with E-state index >= 15 is 0 Å². The molecule has 2 aromatic carbocycles. The average Bonchev–Trinajstić information content (AvgIpc) is 2.50. The van der Waals surface area contributed by atoms with Crippen LogP contribution in [0.4, 0.5) is 0 Å². The van der Waals surface area contributed by atoms with Crippen LogP contribution in [0.25, 0.3) is 10.9 Å². The van der Waals surface area contributed by atoms with Gasteiger partial charge in [-0.25, -0.2) is 0 Å². The molecule has 1 aromatic heterocycles. The molecule has 0 saturated heterocycles. The number of hydrogen-bond donors (Lipinski definition) is 2. The van der Waals surface area contributed by atoms with Crippen LogP contribution in [0.2, 0.25) is 5.02 Å². The molecular formula is C18H17ClN2O. The molecule has 0 amide bonds. The quantitative estimate of drug-likeness (QED) is 0.770. The molecule has 0 unspecified atom stereocenters. The molecule has 0 aliphatic carbocycles. The normalized spacial score (nSPS) is 11.0. The van der Waals surface area contributed by atoms with Gasteiger partial charge in [0, 0.05) is 29.2 Å². The van der Waals surface area contributed by atoms with E-state index in [1.165, 1.54) is 5.56 Å². The van der Waals surface area contributed by atoms with Crippen LogP contribution in [0, 0.1) is 6.92 Å². The zero-order chi connectivity index (χ0) is 15.5. The maximum Gasteiger partial charge on any atom is 0.252 e. The third-order valence-corrected chi connectivity index (χ3v) is 3.89. The number of aryl methyl sites for hydroxylation is 1. The second-order valence-corrected chi connectivity index (χ2v) is 5.88. The second kappa shape index (κ2) is 6.34. The minimum Gasteiger partial charge on any atom is -0.322 e. The number of nitrogens with one attached hydrogen (secondary N) is 2. The van der Waals surface area contributed by atoms with Crippen LogP contribution in [0.1, 0.15) is 16.7 Å². The molecule has 0 bridgehead atoms. The van der Waals surface area contributed by atoms with Crippen LogP contribution in [-0.2, 0) is 13.1 Å². The Kier molecular flexibility index (Phi) is 4.27. The number of H-pyrrole nitrogens is 1. The minimum atomic E-state index is -0.0417. The smallest absolute Gasteiger partial charge is 0.252 e. The van der Waals surface area contributed by atoms with Crippen molar-refractivity contribution in [1.29, 1.82) is 0 Å². The molecule has 4 heteroatoms. The maximum atomic E-state index is 12.1. The first kappa shape index (κ1) is 14.8. The zero-order valence-electron chi connectivity index (χ0n) is 12.3. The first-order valence-corrected chi connectivity index (χ1v) is 7.57. The fourth-order valence-electron chi connectivity index (χ4n) is 2.45. The van der Waals surface area contributed by atoms with Crippen LogP contribution in [0.15, 0.2) is 53.3 Å². The Hall–Kier alpha value is -2.10. The van der Waals surface area contributed by atoms with Gasteiger partial charge in [-0.3, -0.25) is 4.79 Å². The van der Waals surface area contributed by atoms with E-state index in [0.29, 0.717) is 13.1 Å². The van der Waals surface area contributed by atoms with E-state index in [-0.39, 0.29) is 5.56 Å². The summed E-state index contributed by atoms with van der Waals surface area (Å²) in [5.74, 6) is 0. The molecule has 112 valence electrons. The number of rotatable bonds is 4. The lowest BCUT2D eigenvalue weighted by Crippen LogP contribution is -2.20. The van der Waals surface area contributed by atoms with Gasteiger partial charge in [0.05, 0.1) is 0 Å². The highest BCUT2D eigenvalue weighted by atomic mass is 35.5. The first-order chi connectivity index (χ1) is 10.6. The number of benzene rings is 2. The minimum absolute atomic E-state index is 0.0417. The number of halogens is 1. The molecule has 1 heterocycles. The molecule has 0 aliphatic heterocycles. The summed E-state index contributed by atoms with van der Waals surface area (Å²) >= 11 is 5.86. The van der Waals surface area contributed by atoms with Gasteiger partial charge in [0.1, 0.15) is 0 Å². The van der Waals surface area contributed by atoms with Gasteiger partial charge < -0.3 is 10.3 Å².